The number of carbonyl (C=O) groups is 2. The van der Waals surface area contributed by atoms with Crippen molar-refractivity contribution in [2.75, 3.05) is 43.4 Å². The van der Waals surface area contributed by atoms with Crippen LogP contribution in [0.2, 0.25) is 5.02 Å². The van der Waals surface area contributed by atoms with E-state index in [-0.39, 0.29) is 53.6 Å². The van der Waals surface area contributed by atoms with Crippen LogP contribution in [0.25, 0.3) is 0 Å². The van der Waals surface area contributed by atoms with Crippen LogP contribution in [-0.4, -0.2) is 86.9 Å². The lowest BCUT2D eigenvalue weighted by Gasteiger charge is -2.35. The normalized spacial score (nSPS) is 19.9. The number of hydrogen-bond acceptors (Lipinski definition) is 7. The molecule has 3 aromatic rings. The maximum Gasteiger partial charge on any atom is 0.321 e. The second-order valence-corrected chi connectivity index (χ2v) is 14.5. The predicted octanol–water partition coefficient (Wildman–Crippen LogP) is 6.24. The fourth-order valence-electron chi connectivity index (χ4n) is 5.38. The Bertz CT molecular complexity index is 1680. The summed E-state index contributed by atoms with van der Waals surface area (Å²) >= 11 is 5.94. The standard InChI is InChI=1S/C35H44ClFN4O7S/c1-23-20-41(24(2)22-42)34(43)31-19-29(39-49(45,46)30-15-8-26(36)9-16-30)14-17-32(31)48-25(3)7-5-6-18-47-33(23)21-40(4)35(44)38-28-12-10-27(37)11-13-28/h8-17,19,23-25,33,39,42H,5-7,18,20-22H2,1-4H3,(H,38,44)/t23-,24+,25+,33+/m0/s1. The number of nitrogens with one attached hydrogen (secondary N) is 2. The highest BCUT2D eigenvalue weighted by Crippen LogP contribution is 2.30. The van der Waals surface area contributed by atoms with Crippen molar-refractivity contribution >= 4 is 44.9 Å². The van der Waals surface area contributed by atoms with E-state index in [0.29, 0.717) is 23.7 Å². The van der Waals surface area contributed by atoms with Gasteiger partial charge in [0.15, 0.2) is 0 Å². The monoisotopic (exact) mass is 718 g/mol. The molecular formula is C35H44ClFN4O7S. The Kier molecular flexibility index (Phi) is 13.3. The molecule has 1 heterocycles. The molecule has 3 aromatic carbocycles. The van der Waals surface area contributed by atoms with Gasteiger partial charge in [0.05, 0.1) is 35.3 Å². The highest BCUT2D eigenvalue weighted by Gasteiger charge is 2.31. The molecule has 0 aromatic heterocycles. The number of aliphatic hydroxyl groups excluding tert-OH is 1. The van der Waals surface area contributed by atoms with Gasteiger partial charge in [0, 0.05) is 49.1 Å². The number of likely N-dealkylation sites (N-methyl/N-ethyl adjacent to an activating group) is 1. The van der Waals surface area contributed by atoms with Gasteiger partial charge in [-0.15, -0.1) is 0 Å². The van der Waals surface area contributed by atoms with Gasteiger partial charge in [-0.1, -0.05) is 18.5 Å². The minimum atomic E-state index is -4.01. The summed E-state index contributed by atoms with van der Waals surface area (Å²) in [6, 6.07) is 14.7. The zero-order chi connectivity index (χ0) is 35.7. The van der Waals surface area contributed by atoms with Crippen LogP contribution < -0.4 is 14.8 Å². The zero-order valence-electron chi connectivity index (χ0n) is 28.1. The maximum absolute atomic E-state index is 14.3. The SMILES string of the molecule is C[C@@H]1CCCCO[C@H](CN(C)C(=O)Nc2ccc(F)cc2)[C@@H](C)CN([C@H](C)CO)C(=O)c2cc(NS(=O)(=O)c3ccc(Cl)cc3)ccc2O1. The van der Waals surface area contributed by atoms with Crippen molar-refractivity contribution < 1.29 is 37.0 Å². The Morgan fingerprint density at radius 2 is 1.76 bits per heavy atom. The van der Waals surface area contributed by atoms with Crippen LogP contribution in [-0.2, 0) is 14.8 Å². The molecule has 4 atom stereocenters. The number of urea groups is 1. The number of halogens is 2. The predicted molar refractivity (Wildman–Crippen MR) is 187 cm³/mol. The third kappa shape index (κ3) is 10.5. The zero-order valence-corrected chi connectivity index (χ0v) is 29.6. The van der Waals surface area contributed by atoms with Crippen LogP contribution in [0.4, 0.5) is 20.6 Å². The largest absolute Gasteiger partial charge is 0.490 e. The van der Waals surface area contributed by atoms with Crippen molar-refractivity contribution in [1.82, 2.24) is 9.80 Å². The van der Waals surface area contributed by atoms with Crippen molar-refractivity contribution in [1.29, 1.82) is 0 Å². The summed E-state index contributed by atoms with van der Waals surface area (Å²) < 4.78 is 54.8. The van der Waals surface area contributed by atoms with Gasteiger partial charge in [0.1, 0.15) is 11.6 Å². The van der Waals surface area contributed by atoms with E-state index in [2.05, 4.69) is 10.0 Å². The van der Waals surface area contributed by atoms with Gasteiger partial charge >= 0.3 is 6.03 Å². The van der Waals surface area contributed by atoms with Gasteiger partial charge in [0.2, 0.25) is 0 Å². The minimum Gasteiger partial charge on any atom is -0.490 e. The Morgan fingerprint density at radius 1 is 1.08 bits per heavy atom. The summed E-state index contributed by atoms with van der Waals surface area (Å²) in [4.78, 5) is 30.3. The number of anilines is 2. The molecule has 11 nitrogen and oxygen atoms in total. The molecule has 266 valence electrons. The fraction of sp³-hybridized carbons (Fsp3) is 0.429. The van der Waals surface area contributed by atoms with Gasteiger partial charge in [-0.3, -0.25) is 9.52 Å². The first kappa shape index (κ1) is 37.9. The Labute approximate surface area is 292 Å². The minimum absolute atomic E-state index is 0.0000990. The summed E-state index contributed by atoms with van der Waals surface area (Å²) in [6.07, 6.45) is 1.42. The molecule has 0 saturated carbocycles. The number of amides is 3. The summed E-state index contributed by atoms with van der Waals surface area (Å²) in [7, 11) is -2.38. The number of fused-ring (bicyclic) bond motifs is 1. The molecule has 0 aliphatic carbocycles. The van der Waals surface area contributed by atoms with Gasteiger partial charge in [-0.25, -0.2) is 17.6 Å². The first-order valence-corrected chi connectivity index (χ1v) is 18.0. The smallest absolute Gasteiger partial charge is 0.321 e. The fourth-order valence-corrected chi connectivity index (χ4v) is 6.56. The summed E-state index contributed by atoms with van der Waals surface area (Å²) in [5.74, 6) is -0.904. The van der Waals surface area contributed by atoms with Gasteiger partial charge in [0.25, 0.3) is 15.9 Å². The third-order valence-corrected chi connectivity index (χ3v) is 9.97. The van der Waals surface area contributed by atoms with Gasteiger partial charge in [-0.05, 0) is 99.8 Å². The average Bonchev–Trinajstić information content (AvgIpc) is 3.07. The molecular weight excluding hydrogens is 675 g/mol. The topological polar surface area (TPSA) is 138 Å². The number of sulfonamides is 1. The second-order valence-electron chi connectivity index (χ2n) is 12.4. The molecule has 1 aliphatic heterocycles. The summed E-state index contributed by atoms with van der Waals surface area (Å²) in [6.45, 7) is 5.94. The maximum atomic E-state index is 14.3. The molecule has 0 saturated heterocycles. The van der Waals surface area contributed by atoms with Gasteiger partial charge in [-0.2, -0.15) is 0 Å². The highest BCUT2D eigenvalue weighted by molar-refractivity contribution is 7.92. The molecule has 0 fully saturated rings. The molecule has 14 heteroatoms. The number of carbonyl (C=O) groups excluding carboxylic acids is 2. The number of benzene rings is 3. The quantitative estimate of drug-likeness (QED) is 0.251. The van der Waals surface area contributed by atoms with Crippen LogP contribution in [0, 0.1) is 11.7 Å². The van der Waals surface area contributed by atoms with Crippen LogP contribution in [0.5, 0.6) is 5.75 Å². The lowest BCUT2D eigenvalue weighted by molar-refractivity contribution is -0.0115. The lowest BCUT2D eigenvalue weighted by atomic mass is 10.0. The van der Waals surface area contributed by atoms with Crippen molar-refractivity contribution in [2.24, 2.45) is 5.92 Å². The Hall–Kier alpha value is -3.91. The first-order chi connectivity index (χ1) is 23.3. The number of nitrogens with zero attached hydrogens (tertiary/aromatic N) is 2. The summed E-state index contributed by atoms with van der Waals surface area (Å²) in [5.41, 5.74) is 0.719. The molecule has 4 rings (SSSR count). The van der Waals surface area contributed by atoms with Crippen molar-refractivity contribution in [2.45, 2.75) is 63.2 Å². The van der Waals surface area contributed by atoms with E-state index < -0.39 is 39.9 Å². The Morgan fingerprint density at radius 3 is 2.43 bits per heavy atom. The number of aliphatic hydroxyl groups is 1. The van der Waals surface area contributed by atoms with E-state index >= 15 is 0 Å². The van der Waals surface area contributed by atoms with E-state index in [4.69, 9.17) is 21.1 Å². The first-order valence-electron chi connectivity index (χ1n) is 16.2. The van der Waals surface area contributed by atoms with Crippen LogP contribution >= 0.6 is 11.6 Å². The molecule has 49 heavy (non-hydrogen) atoms. The molecule has 0 bridgehead atoms. The van der Waals surface area contributed by atoms with Crippen molar-refractivity contribution in [3.63, 3.8) is 0 Å². The Balaban J connectivity index is 1.62. The molecule has 1 aliphatic rings. The summed E-state index contributed by atoms with van der Waals surface area (Å²) in [5, 5.41) is 13.3. The molecule has 0 radical (unpaired) electrons. The average molecular weight is 719 g/mol. The van der Waals surface area contributed by atoms with E-state index in [1.54, 1.807) is 20.0 Å². The van der Waals surface area contributed by atoms with E-state index in [0.717, 1.165) is 12.8 Å². The highest BCUT2D eigenvalue weighted by atomic mass is 35.5. The van der Waals surface area contributed by atoms with Crippen LogP contribution in [0.3, 0.4) is 0 Å². The third-order valence-electron chi connectivity index (χ3n) is 8.32. The number of hydrogen-bond donors (Lipinski definition) is 3. The van der Waals surface area contributed by atoms with Crippen LogP contribution in [0.1, 0.15) is 50.4 Å². The van der Waals surface area contributed by atoms with Crippen molar-refractivity contribution in [3.8, 4) is 5.75 Å². The van der Waals surface area contributed by atoms with E-state index in [9.17, 15) is 27.5 Å². The molecule has 0 unspecified atom stereocenters. The van der Waals surface area contributed by atoms with Crippen molar-refractivity contribution in [3.05, 3.63) is 83.1 Å². The van der Waals surface area contributed by atoms with E-state index in [1.165, 1.54) is 70.5 Å². The van der Waals surface area contributed by atoms with E-state index in [1.807, 2.05) is 13.8 Å². The molecule has 3 N–H and O–H groups in total. The number of ether oxygens (including phenoxy) is 2. The van der Waals surface area contributed by atoms with Gasteiger partial charge < -0.3 is 29.7 Å². The second kappa shape index (κ2) is 17.1. The number of rotatable bonds is 8. The molecule has 3 amide bonds. The molecule has 0 spiro atoms. The van der Waals surface area contributed by atoms with Crippen LogP contribution in [0.15, 0.2) is 71.6 Å². The lowest BCUT2D eigenvalue weighted by Crippen LogP contribution is -2.48.